The van der Waals surface area contributed by atoms with Crippen LogP contribution < -0.4 is 5.32 Å². The van der Waals surface area contributed by atoms with Crippen LogP contribution >= 0.6 is 11.3 Å². The summed E-state index contributed by atoms with van der Waals surface area (Å²) in [6, 6.07) is 0. The second kappa shape index (κ2) is 4.83. The Hall–Kier alpha value is -1.50. The molecule has 0 aliphatic heterocycles. The Labute approximate surface area is 90.3 Å². The minimum absolute atomic E-state index is 0.243. The normalized spacial score (nSPS) is 10.3. The van der Waals surface area contributed by atoms with E-state index in [1.165, 1.54) is 11.3 Å². The summed E-state index contributed by atoms with van der Waals surface area (Å²) in [5.41, 5.74) is 0. The van der Waals surface area contributed by atoms with Crippen molar-refractivity contribution in [1.29, 1.82) is 0 Å². The minimum Gasteiger partial charge on any atom is -0.481 e. The number of carbonyl (C=O) groups excluding carboxylic acids is 1. The SMILES string of the molecule is CC(C)c1nnc(NC(=O)CC(=O)O)s1. The molecule has 1 heterocycles. The number of carbonyl (C=O) groups is 2. The van der Waals surface area contributed by atoms with Gasteiger partial charge in [-0.15, -0.1) is 10.2 Å². The Kier molecular flexibility index (Phi) is 3.73. The molecule has 1 amide bonds. The summed E-state index contributed by atoms with van der Waals surface area (Å²) in [6.45, 7) is 3.92. The van der Waals surface area contributed by atoms with Gasteiger partial charge in [0.25, 0.3) is 0 Å². The zero-order valence-corrected chi connectivity index (χ0v) is 9.17. The van der Waals surface area contributed by atoms with Gasteiger partial charge >= 0.3 is 5.97 Å². The molecule has 0 spiro atoms. The Morgan fingerprint density at radius 3 is 2.60 bits per heavy atom. The fourth-order valence-electron chi connectivity index (χ4n) is 0.819. The summed E-state index contributed by atoms with van der Waals surface area (Å²) in [6.07, 6.45) is -0.559. The molecule has 6 nitrogen and oxygen atoms in total. The molecule has 0 bridgehead atoms. The quantitative estimate of drug-likeness (QED) is 0.753. The topological polar surface area (TPSA) is 92.2 Å². The van der Waals surface area contributed by atoms with E-state index in [9.17, 15) is 9.59 Å². The van der Waals surface area contributed by atoms with Crippen molar-refractivity contribution in [2.24, 2.45) is 0 Å². The first-order valence-corrected chi connectivity index (χ1v) is 5.15. The lowest BCUT2D eigenvalue weighted by Crippen LogP contribution is -2.15. The lowest BCUT2D eigenvalue weighted by atomic mass is 10.2. The highest BCUT2D eigenvalue weighted by molar-refractivity contribution is 7.15. The first-order valence-electron chi connectivity index (χ1n) is 4.34. The van der Waals surface area contributed by atoms with Crippen molar-refractivity contribution in [3.63, 3.8) is 0 Å². The van der Waals surface area contributed by atoms with Crippen molar-refractivity contribution in [1.82, 2.24) is 10.2 Å². The van der Waals surface area contributed by atoms with Crippen molar-refractivity contribution in [2.75, 3.05) is 5.32 Å². The predicted octanol–water partition coefficient (Wildman–Crippen LogP) is 1.07. The molecule has 0 aliphatic carbocycles. The lowest BCUT2D eigenvalue weighted by molar-refractivity contribution is -0.139. The molecular formula is C8H11N3O3S. The van der Waals surface area contributed by atoms with Gasteiger partial charge < -0.3 is 10.4 Å². The first-order chi connectivity index (χ1) is 6.99. The predicted molar refractivity (Wildman–Crippen MR) is 54.9 cm³/mol. The van der Waals surface area contributed by atoms with E-state index < -0.39 is 18.3 Å². The number of amides is 1. The van der Waals surface area contributed by atoms with E-state index in [1.807, 2.05) is 13.8 Å². The third-order valence-corrected chi connectivity index (χ3v) is 2.63. The van der Waals surface area contributed by atoms with Crippen molar-refractivity contribution in [3.05, 3.63) is 5.01 Å². The highest BCUT2D eigenvalue weighted by Gasteiger charge is 2.12. The molecule has 1 aromatic heterocycles. The fraction of sp³-hybridized carbons (Fsp3) is 0.500. The van der Waals surface area contributed by atoms with Crippen LogP contribution in [0.3, 0.4) is 0 Å². The Balaban J connectivity index is 2.57. The zero-order valence-electron chi connectivity index (χ0n) is 8.35. The molecule has 0 aliphatic rings. The number of aromatic nitrogens is 2. The number of aliphatic carboxylic acids is 1. The third kappa shape index (κ3) is 3.62. The average molecular weight is 229 g/mol. The second-order valence-corrected chi connectivity index (χ2v) is 4.23. The summed E-state index contributed by atoms with van der Waals surface area (Å²) in [4.78, 5) is 21.3. The summed E-state index contributed by atoms with van der Waals surface area (Å²) < 4.78 is 0. The van der Waals surface area contributed by atoms with E-state index in [0.717, 1.165) is 5.01 Å². The molecule has 0 saturated carbocycles. The molecule has 1 aromatic rings. The monoisotopic (exact) mass is 229 g/mol. The van der Waals surface area contributed by atoms with Gasteiger partial charge in [-0.05, 0) is 0 Å². The molecule has 0 fully saturated rings. The molecule has 0 saturated heterocycles. The standard InChI is InChI=1S/C8H11N3O3S/c1-4(2)7-10-11-8(15-7)9-5(12)3-6(13)14/h4H,3H2,1-2H3,(H,13,14)(H,9,11,12). The number of nitrogens with one attached hydrogen (secondary N) is 1. The van der Waals surface area contributed by atoms with Gasteiger partial charge in [-0.25, -0.2) is 0 Å². The van der Waals surface area contributed by atoms with Gasteiger partial charge in [-0.1, -0.05) is 25.2 Å². The molecule has 0 radical (unpaired) electrons. The molecule has 1 rings (SSSR count). The van der Waals surface area contributed by atoms with Crippen LogP contribution in [0.5, 0.6) is 0 Å². The van der Waals surface area contributed by atoms with Crippen molar-refractivity contribution in [2.45, 2.75) is 26.2 Å². The molecule has 82 valence electrons. The Morgan fingerprint density at radius 2 is 2.13 bits per heavy atom. The zero-order chi connectivity index (χ0) is 11.4. The van der Waals surface area contributed by atoms with Crippen LogP contribution in [-0.2, 0) is 9.59 Å². The summed E-state index contributed by atoms with van der Waals surface area (Å²) in [7, 11) is 0. The lowest BCUT2D eigenvalue weighted by Gasteiger charge is -1.96. The highest BCUT2D eigenvalue weighted by Crippen LogP contribution is 2.22. The van der Waals surface area contributed by atoms with Gasteiger partial charge in [-0.2, -0.15) is 0 Å². The van der Waals surface area contributed by atoms with Crippen LogP contribution in [0, 0.1) is 0 Å². The maximum absolute atomic E-state index is 11.0. The largest absolute Gasteiger partial charge is 0.481 e. The number of carboxylic acid groups (broad SMARTS) is 1. The Morgan fingerprint density at radius 1 is 1.47 bits per heavy atom. The smallest absolute Gasteiger partial charge is 0.312 e. The van der Waals surface area contributed by atoms with Gasteiger partial charge in [-0.3, -0.25) is 9.59 Å². The number of hydrogen-bond donors (Lipinski definition) is 2. The van der Waals surface area contributed by atoms with Crippen LogP contribution in [0.1, 0.15) is 31.2 Å². The van der Waals surface area contributed by atoms with Gasteiger partial charge in [0, 0.05) is 5.92 Å². The van der Waals surface area contributed by atoms with Crippen LogP contribution in [0.25, 0.3) is 0 Å². The molecule has 2 N–H and O–H groups in total. The van der Waals surface area contributed by atoms with E-state index in [1.54, 1.807) is 0 Å². The maximum Gasteiger partial charge on any atom is 0.312 e. The van der Waals surface area contributed by atoms with Crippen LogP contribution in [0.2, 0.25) is 0 Å². The average Bonchev–Trinajstić information content (AvgIpc) is 2.50. The Bertz CT molecular complexity index is 375. The molecule has 15 heavy (non-hydrogen) atoms. The number of hydrogen-bond acceptors (Lipinski definition) is 5. The van der Waals surface area contributed by atoms with Crippen molar-refractivity contribution >= 4 is 28.3 Å². The van der Waals surface area contributed by atoms with E-state index in [0.29, 0.717) is 5.13 Å². The van der Waals surface area contributed by atoms with Crippen LogP contribution in [-0.4, -0.2) is 27.2 Å². The number of carboxylic acids is 1. The summed E-state index contributed by atoms with van der Waals surface area (Å²) >= 11 is 1.25. The number of anilines is 1. The minimum atomic E-state index is -1.17. The maximum atomic E-state index is 11.0. The van der Waals surface area contributed by atoms with E-state index in [-0.39, 0.29) is 5.92 Å². The molecular weight excluding hydrogens is 218 g/mol. The molecule has 7 heteroatoms. The van der Waals surface area contributed by atoms with E-state index in [4.69, 9.17) is 5.11 Å². The van der Waals surface area contributed by atoms with Gasteiger partial charge in [0.15, 0.2) is 0 Å². The fourth-order valence-corrected chi connectivity index (χ4v) is 1.58. The second-order valence-electron chi connectivity index (χ2n) is 3.22. The van der Waals surface area contributed by atoms with Crippen molar-refractivity contribution < 1.29 is 14.7 Å². The van der Waals surface area contributed by atoms with Gasteiger partial charge in [0.1, 0.15) is 11.4 Å². The molecule has 0 aromatic carbocycles. The highest BCUT2D eigenvalue weighted by atomic mass is 32.1. The van der Waals surface area contributed by atoms with Crippen LogP contribution in [0.15, 0.2) is 0 Å². The third-order valence-electron chi connectivity index (χ3n) is 1.49. The van der Waals surface area contributed by atoms with Gasteiger partial charge in [0.05, 0.1) is 0 Å². The van der Waals surface area contributed by atoms with E-state index >= 15 is 0 Å². The van der Waals surface area contributed by atoms with Crippen molar-refractivity contribution in [3.8, 4) is 0 Å². The first kappa shape index (κ1) is 11.6. The summed E-state index contributed by atoms with van der Waals surface area (Å²) in [5, 5.41) is 19.5. The van der Waals surface area contributed by atoms with Gasteiger partial charge in [0.2, 0.25) is 11.0 Å². The molecule has 0 unspecified atom stereocenters. The number of rotatable bonds is 4. The van der Waals surface area contributed by atoms with Crippen LogP contribution in [0.4, 0.5) is 5.13 Å². The molecule has 0 atom stereocenters. The number of nitrogens with zero attached hydrogens (tertiary/aromatic N) is 2. The van der Waals surface area contributed by atoms with E-state index in [2.05, 4.69) is 15.5 Å². The summed E-state index contributed by atoms with van der Waals surface area (Å²) in [5.74, 6) is -1.51.